The van der Waals surface area contributed by atoms with Crippen molar-refractivity contribution in [2.45, 2.75) is 32.7 Å². The summed E-state index contributed by atoms with van der Waals surface area (Å²) in [6.07, 6.45) is 4.83. The molecule has 0 bridgehead atoms. The van der Waals surface area contributed by atoms with Crippen molar-refractivity contribution in [3.8, 4) is 11.6 Å². The Kier molecular flexibility index (Phi) is 7.14. The van der Waals surface area contributed by atoms with E-state index in [4.69, 9.17) is 21.4 Å². The monoisotopic (exact) mass is 481 g/mol. The van der Waals surface area contributed by atoms with Crippen molar-refractivity contribution in [3.05, 3.63) is 59.5 Å². The fourth-order valence-corrected chi connectivity index (χ4v) is 4.11. The number of nitrogens with zero attached hydrogens (tertiary/aromatic N) is 5. The predicted molar refractivity (Wildman–Crippen MR) is 133 cm³/mol. The Morgan fingerprint density at radius 3 is 2.79 bits per heavy atom. The van der Waals surface area contributed by atoms with Gasteiger partial charge in [0.25, 0.3) is 0 Å². The van der Waals surface area contributed by atoms with Crippen molar-refractivity contribution in [1.82, 2.24) is 24.6 Å². The fourth-order valence-electron chi connectivity index (χ4n) is 3.98. The first-order valence-corrected chi connectivity index (χ1v) is 11.5. The Morgan fingerprint density at radius 2 is 2.06 bits per heavy atom. The van der Waals surface area contributed by atoms with Crippen LogP contribution in [0.15, 0.2) is 43.1 Å². The van der Waals surface area contributed by atoms with Crippen molar-refractivity contribution in [2.75, 3.05) is 30.8 Å². The van der Waals surface area contributed by atoms with Crippen LogP contribution in [-0.2, 0) is 4.79 Å². The molecule has 10 heteroatoms. The lowest BCUT2D eigenvalue weighted by Gasteiger charge is -2.29. The SMILES string of the molecule is C=CC(=O)Nc1cccc(Oc2nc(Nc3c(C)nn(C4CCN(C)CC4)c3C)ncc2Cl)c1. The Bertz CT molecular complexity index is 1200. The molecule has 0 aliphatic carbocycles. The third kappa shape index (κ3) is 5.37. The molecule has 1 aliphatic rings. The van der Waals surface area contributed by atoms with Crippen LogP contribution in [0, 0.1) is 13.8 Å². The van der Waals surface area contributed by atoms with Crippen LogP contribution >= 0.6 is 11.6 Å². The summed E-state index contributed by atoms with van der Waals surface area (Å²) in [6.45, 7) is 9.60. The number of aryl methyl sites for hydroxylation is 1. The van der Waals surface area contributed by atoms with Gasteiger partial charge >= 0.3 is 0 Å². The second-order valence-corrected chi connectivity index (χ2v) is 8.73. The van der Waals surface area contributed by atoms with Crippen molar-refractivity contribution in [3.63, 3.8) is 0 Å². The van der Waals surface area contributed by atoms with E-state index in [1.54, 1.807) is 24.3 Å². The lowest BCUT2D eigenvalue weighted by atomic mass is 10.1. The van der Waals surface area contributed by atoms with Gasteiger partial charge in [-0.2, -0.15) is 10.1 Å². The van der Waals surface area contributed by atoms with Crippen molar-refractivity contribution in [1.29, 1.82) is 0 Å². The molecule has 0 unspecified atom stereocenters. The Balaban J connectivity index is 1.53. The molecule has 2 aromatic heterocycles. The summed E-state index contributed by atoms with van der Waals surface area (Å²) in [4.78, 5) is 22.7. The summed E-state index contributed by atoms with van der Waals surface area (Å²) in [5.41, 5.74) is 3.36. The van der Waals surface area contributed by atoms with Crippen LogP contribution in [0.2, 0.25) is 5.02 Å². The van der Waals surface area contributed by atoms with E-state index in [9.17, 15) is 4.79 Å². The maximum atomic E-state index is 11.6. The molecule has 9 nitrogen and oxygen atoms in total. The van der Waals surface area contributed by atoms with Gasteiger partial charge in [-0.05, 0) is 65.0 Å². The first-order valence-electron chi connectivity index (χ1n) is 11.1. The molecular weight excluding hydrogens is 454 g/mol. The van der Waals surface area contributed by atoms with E-state index >= 15 is 0 Å². The number of anilines is 3. The van der Waals surface area contributed by atoms with E-state index in [0.29, 0.717) is 23.4 Å². The maximum absolute atomic E-state index is 11.6. The zero-order chi connectivity index (χ0) is 24.2. The van der Waals surface area contributed by atoms with Gasteiger partial charge in [-0.3, -0.25) is 9.48 Å². The van der Waals surface area contributed by atoms with Crippen LogP contribution in [0.3, 0.4) is 0 Å². The van der Waals surface area contributed by atoms with Gasteiger partial charge in [-0.15, -0.1) is 0 Å². The number of rotatable bonds is 7. The second kappa shape index (κ2) is 10.2. The molecule has 0 spiro atoms. The summed E-state index contributed by atoms with van der Waals surface area (Å²) in [5.74, 6) is 0.708. The van der Waals surface area contributed by atoms with Crippen LogP contribution in [0.4, 0.5) is 17.3 Å². The molecule has 1 fully saturated rings. The van der Waals surface area contributed by atoms with Crippen LogP contribution in [0.1, 0.15) is 30.3 Å². The highest BCUT2D eigenvalue weighted by Crippen LogP contribution is 2.32. The summed E-state index contributed by atoms with van der Waals surface area (Å²) in [5, 5.41) is 11.0. The van der Waals surface area contributed by atoms with Crippen LogP contribution in [0.25, 0.3) is 0 Å². The Morgan fingerprint density at radius 1 is 1.29 bits per heavy atom. The van der Waals surface area contributed by atoms with E-state index in [1.165, 1.54) is 12.3 Å². The lowest BCUT2D eigenvalue weighted by molar-refractivity contribution is -0.111. The molecule has 1 aromatic carbocycles. The largest absolute Gasteiger partial charge is 0.437 e. The summed E-state index contributed by atoms with van der Waals surface area (Å²) < 4.78 is 8.00. The third-order valence-corrected chi connectivity index (χ3v) is 6.07. The molecule has 178 valence electrons. The fraction of sp³-hybridized carbons (Fsp3) is 0.333. The summed E-state index contributed by atoms with van der Waals surface area (Å²) in [6, 6.07) is 7.30. The van der Waals surface area contributed by atoms with Crippen LogP contribution in [-0.4, -0.2) is 50.7 Å². The predicted octanol–water partition coefficient (Wildman–Crippen LogP) is 4.87. The number of carbonyl (C=O) groups excluding carboxylic acids is 1. The average Bonchev–Trinajstić information content (AvgIpc) is 3.10. The highest BCUT2D eigenvalue weighted by molar-refractivity contribution is 6.31. The number of hydrogen-bond acceptors (Lipinski definition) is 7. The number of nitrogens with one attached hydrogen (secondary N) is 2. The molecule has 34 heavy (non-hydrogen) atoms. The number of amides is 1. The van der Waals surface area contributed by atoms with E-state index in [1.807, 2.05) is 6.92 Å². The highest BCUT2D eigenvalue weighted by atomic mass is 35.5. The number of carbonyl (C=O) groups is 1. The first kappa shape index (κ1) is 23.7. The summed E-state index contributed by atoms with van der Waals surface area (Å²) in [7, 11) is 2.15. The molecule has 1 aliphatic heterocycles. The molecule has 0 saturated carbocycles. The van der Waals surface area contributed by atoms with Gasteiger partial charge in [0.2, 0.25) is 17.7 Å². The topological polar surface area (TPSA) is 97.2 Å². The van der Waals surface area contributed by atoms with Gasteiger partial charge < -0.3 is 20.3 Å². The highest BCUT2D eigenvalue weighted by Gasteiger charge is 2.23. The molecule has 4 rings (SSSR count). The number of piperidine rings is 1. The zero-order valence-electron chi connectivity index (χ0n) is 19.5. The first-order chi connectivity index (χ1) is 16.3. The van der Waals surface area contributed by atoms with E-state index in [-0.39, 0.29) is 16.8 Å². The maximum Gasteiger partial charge on any atom is 0.247 e. The molecular formula is C24H28ClN7O2. The Hall–Kier alpha value is -3.43. The minimum Gasteiger partial charge on any atom is -0.437 e. The van der Waals surface area contributed by atoms with Gasteiger partial charge in [-0.1, -0.05) is 24.2 Å². The lowest BCUT2D eigenvalue weighted by Crippen LogP contribution is -2.32. The van der Waals surface area contributed by atoms with Crippen LogP contribution < -0.4 is 15.4 Å². The second-order valence-electron chi connectivity index (χ2n) is 8.32. The van der Waals surface area contributed by atoms with Crippen molar-refractivity contribution in [2.24, 2.45) is 0 Å². The van der Waals surface area contributed by atoms with E-state index in [0.717, 1.165) is 43.0 Å². The van der Waals surface area contributed by atoms with Crippen molar-refractivity contribution >= 4 is 34.8 Å². The van der Waals surface area contributed by atoms with E-state index < -0.39 is 0 Å². The van der Waals surface area contributed by atoms with E-state index in [2.05, 4.69) is 50.7 Å². The molecule has 1 saturated heterocycles. The molecule has 2 N–H and O–H groups in total. The molecule has 3 aromatic rings. The minimum atomic E-state index is -0.310. The molecule has 0 radical (unpaired) electrons. The molecule has 1 amide bonds. The number of likely N-dealkylation sites (tertiary alicyclic amines) is 1. The number of ether oxygens (including phenoxy) is 1. The number of benzene rings is 1. The van der Waals surface area contributed by atoms with Gasteiger partial charge in [-0.25, -0.2) is 4.98 Å². The van der Waals surface area contributed by atoms with Gasteiger partial charge in [0.05, 0.1) is 29.3 Å². The standard InChI is InChI=1S/C24H28ClN7O2/c1-5-21(33)27-17-7-6-8-19(13-17)34-23-20(25)14-26-24(29-23)28-22-15(2)30-32(16(22)3)18-9-11-31(4)12-10-18/h5-8,13-14,18H,1,9-12H2,2-4H3,(H,27,33)(H,26,28,29). The van der Waals surface area contributed by atoms with Gasteiger partial charge in [0, 0.05) is 11.8 Å². The van der Waals surface area contributed by atoms with Gasteiger partial charge in [0.1, 0.15) is 10.8 Å². The molecule has 0 atom stereocenters. The molecule has 3 heterocycles. The quantitative estimate of drug-likeness (QED) is 0.464. The summed E-state index contributed by atoms with van der Waals surface area (Å²) >= 11 is 6.29. The third-order valence-electron chi connectivity index (χ3n) is 5.81. The number of aromatic nitrogens is 4. The average molecular weight is 482 g/mol. The Labute approximate surface area is 203 Å². The smallest absolute Gasteiger partial charge is 0.247 e. The van der Waals surface area contributed by atoms with Crippen molar-refractivity contribution < 1.29 is 9.53 Å². The minimum absolute atomic E-state index is 0.198. The normalized spacial score (nSPS) is 14.6. The number of halogens is 1. The van der Waals surface area contributed by atoms with Gasteiger partial charge in [0.15, 0.2) is 0 Å². The number of hydrogen-bond donors (Lipinski definition) is 2. The zero-order valence-corrected chi connectivity index (χ0v) is 20.3. The van der Waals surface area contributed by atoms with Crippen LogP contribution in [0.5, 0.6) is 11.6 Å².